The number of hydrogen-bond donors (Lipinski definition) is 4. The summed E-state index contributed by atoms with van der Waals surface area (Å²) in [6, 6.07) is 4.87. The Morgan fingerprint density at radius 3 is 2.46 bits per heavy atom. The van der Waals surface area contributed by atoms with Crippen LogP contribution in [0.5, 0.6) is 23.0 Å². The second-order valence-electron chi connectivity index (χ2n) is 5.29. The number of hydrogen-bond acceptors (Lipinski definition) is 8. The smallest absolute Gasteiger partial charge is 0.261 e. The number of nitrogens with zero attached hydrogens (tertiary/aromatic N) is 1. The fourth-order valence-corrected chi connectivity index (χ4v) is 4.18. The second-order valence-corrected chi connectivity index (χ2v) is 7.41. The normalized spacial score (nSPS) is 17.8. The van der Waals surface area contributed by atoms with E-state index in [0.29, 0.717) is 30.0 Å². The lowest BCUT2D eigenvalue weighted by Gasteiger charge is -2.35. The average molecular weight is 357 g/mol. The van der Waals surface area contributed by atoms with Crippen molar-refractivity contribution < 1.29 is 33.2 Å². The highest BCUT2D eigenvalue weighted by atomic mass is 32.3. The molecule has 0 aliphatic carbocycles. The third-order valence-corrected chi connectivity index (χ3v) is 5.74. The van der Waals surface area contributed by atoms with Gasteiger partial charge in [-0.1, -0.05) is 0 Å². The van der Waals surface area contributed by atoms with E-state index in [2.05, 4.69) is 0 Å². The van der Waals surface area contributed by atoms with Crippen molar-refractivity contribution in [3.8, 4) is 34.3 Å². The summed E-state index contributed by atoms with van der Waals surface area (Å²) in [6.07, 6.45) is 0.546. The van der Waals surface area contributed by atoms with Crippen LogP contribution in [0.25, 0.3) is 11.3 Å². The number of ether oxygens (including phenoxy) is 2. The predicted octanol–water partition coefficient (Wildman–Crippen LogP) is 3.25. The van der Waals surface area contributed by atoms with Crippen LogP contribution >= 0.6 is 10.8 Å². The van der Waals surface area contributed by atoms with E-state index < -0.39 is 22.3 Å². The van der Waals surface area contributed by atoms with Gasteiger partial charge in [-0.25, -0.2) is 4.31 Å². The lowest BCUT2D eigenvalue weighted by Crippen LogP contribution is -2.21. The van der Waals surface area contributed by atoms with Crippen LogP contribution in [0.15, 0.2) is 22.6 Å². The molecular weight excluding hydrogens is 338 g/mol. The standard InChI is InChI=1S/C15H19NO7S/c1-21-9-4-5-10(11(8-9)22-2)14-12(17)13(18)15(23-14)16-6-3-7-24(16,19)20/h4-5,8,17-20H,3,6-7H2,1-2H3. The van der Waals surface area contributed by atoms with Crippen molar-refractivity contribution in [1.29, 1.82) is 0 Å². The summed E-state index contributed by atoms with van der Waals surface area (Å²) < 4.78 is 37.2. The molecular formula is C15H19NO7S. The summed E-state index contributed by atoms with van der Waals surface area (Å²) in [6.45, 7) is 0.308. The van der Waals surface area contributed by atoms with E-state index in [4.69, 9.17) is 13.9 Å². The molecule has 0 radical (unpaired) electrons. The third-order valence-electron chi connectivity index (χ3n) is 3.85. The fraction of sp³-hybridized carbons (Fsp3) is 0.333. The molecule has 2 aromatic rings. The van der Waals surface area contributed by atoms with Crippen molar-refractivity contribution in [2.45, 2.75) is 6.42 Å². The SMILES string of the molecule is COc1ccc(-c2oc(N3CCCS3(O)O)c(O)c2O)c(OC)c1. The molecule has 0 amide bonds. The molecule has 2 heterocycles. The minimum atomic E-state index is -3.06. The number of furan rings is 1. The zero-order valence-electron chi connectivity index (χ0n) is 13.2. The highest BCUT2D eigenvalue weighted by Crippen LogP contribution is 2.57. The van der Waals surface area contributed by atoms with Gasteiger partial charge in [0.15, 0.2) is 5.76 Å². The Kier molecular flexibility index (Phi) is 4.16. The molecule has 1 aliphatic rings. The number of rotatable bonds is 4. The topological polar surface area (TPSA) is 116 Å². The van der Waals surface area contributed by atoms with Crippen molar-refractivity contribution in [3.63, 3.8) is 0 Å². The summed E-state index contributed by atoms with van der Waals surface area (Å²) >= 11 is 0. The quantitative estimate of drug-likeness (QED) is 0.659. The zero-order chi connectivity index (χ0) is 17.5. The molecule has 0 saturated carbocycles. The van der Waals surface area contributed by atoms with Gasteiger partial charge in [0.1, 0.15) is 11.5 Å². The van der Waals surface area contributed by atoms with Gasteiger partial charge in [-0.15, -0.1) is 10.8 Å². The molecule has 4 N–H and O–H groups in total. The van der Waals surface area contributed by atoms with Crippen LogP contribution < -0.4 is 13.8 Å². The predicted molar refractivity (Wildman–Crippen MR) is 90.3 cm³/mol. The molecule has 0 unspecified atom stereocenters. The first kappa shape index (κ1) is 16.6. The highest BCUT2D eigenvalue weighted by Gasteiger charge is 2.36. The summed E-state index contributed by atoms with van der Waals surface area (Å²) in [7, 11) is -0.0880. The maximum atomic E-state index is 10.2. The lowest BCUT2D eigenvalue weighted by molar-refractivity contribution is 0.393. The van der Waals surface area contributed by atoms with Gasteiger partial charge in [-0.05, 0) is 18.6 Å². The van der Waals surface area contributed by atoms with Gasteiger partial charge in [-0.2, -0.15) is 0 Å². The van der Waals surface area contributed by atoms with Gasteiger partial charge >= 0.3 is 0 Å². The monoisotopic (exact) mass is 357 g/mol. The van der Waals surface area contributed by atoms with Gasteiger partial charge in [0.05, 0.1) is 25.5 Å². The number of anilines is 1. The van der Waals surface area contributed by atoms with E-state index in [-0.39, 0.29) is 17.4 Å². The van der Waals surface area contributed by atoms with Crippen LogP contribution in [0, 0.1) is 0 Å². The van der Waals surface area contributed by atoms with Crippen LogP contribution in [0.1, 0.15) is 6.42 Å². The van der Waals surface area contributed by atoms with Gasteiger partial charge in [-0.3, -0.25) is 9.11 Å². The number of benzene rings is 1. The van der Waals surface area contributed by atoms with E-state index in [1.165, 1.54) is 18.5 Å². The molecule has 8 nitrogen and oxygen atoms in total. The summed E-state index contributed by atoms with van der Waals surface area (Å²) in [5, 5.41) is 20.4. The lowest BCUT2D eigenvalue weighted by atomic mass is 10.1. The molecule has 0 spiro atoms. The van der Waals surface area contributed by atoms with Gasteiger partial charge in [0.25, 0.3) is 5.88 Å². The molecule has 1 aromatic carbocycles. The first-order valence-corrected chi connectivity index (χ1v) is 8.87. The molecule has 3 rings (SSSR count). The largest absolute Gasteiger partial charge is 0.502 e. The summed E-state index contributed by atoms with van der Waals surface area (Å²) in [4.78, 5) is 0. The zero-order valence-corrected chi connectivity index (χ0v) is 14.0. The molecule has 0 bridgehead atoms. The van der Waals surface area contributed by atoms with Crippen molar-refractivity contribution in [3.05, 3.63) is 18.2 Å². The Morgan fingerprint density at radius 1 is 1.12 bits per heavy atom. The van der Waals surface area contributed by atoms with E-state index in [1.54, 1.807) is 18.2 Å². The van der Waals surface area contributed by atoms with Crippen molar-refractivity contribution >= 4 is 16.7 Å². The molecule has 9 heteroatoms. The molecule has 1 aliphatic heterocycles. The minimum absolute atomic E-state index is 0.0240. The first-order chi connectivity index (χ1) is 11.4. The van der Waals surface area contributed by atoms with E-state index in [9.17, 15) is 19.3 Å². The van der Waals surface area contributed by atoms with E-state index in [0.717, 1.165) is 0 Å². The molecule has 132 valence electrons. The van der Waals surface area contributed by atoms with Gasteiger partial charge in [0.2, 0.25) is 11.5 Å². The van der Waals surface area contributed by atoms with Gasteiger partial charge < -0.3 is 24.1 Å². The maximum absolute atomic E-state index is 10.2. The maximum Gasteiger partial charge on any atom is 0.261 e. The molecule has 0 atom stereocenters. The number of aromatic hydroxyl groups is 2. The molecule has 1 fully saturated rings. The van der Waals surface area contributed by atoms with Crippen LogP contribution in [0.4, 0.5) is 5.88 Å². The first-order valence-electron chi connectivity index (χ1n) is 7.19. The summed E-state index contributed by atoms with van der Waals surface area (Å²) in [5.74, 6) is -0.102. The van der Waals surface area contributed by atoms with Crippen LogP contribution in [0.2, 0.25) is 0 Å². The van der Waals surface area contributed by atoms with Crippen LogP contribution in [0.3, 0.4) is 0 Å². The number of methoxy groups -OCH3 is 2. The van der Waals surface area contributed by atoms with Crippen LogP contribution in [-0.4, -0.2) is 45.8 Å². The molecule has 1 saturated heterocycles. The Balaban J connectivity index is 2.09. The molecule has 24 heavy (non-hydrogen) atoms. The van der Waals surface area contributed by atoms with Crippen LogP contribution in [-0.2, 0) is 0 Å². The van der Waals surface area contributed by atoms with Gasteiger partial charge in [0, 0.05) is 12.6 Å². The fourth-order valence-electron chi connectivity index (χ4n) is 2.63. The second kappa shape index (κ2) is 6.00. The van der Waals surface area contributed by atoms with E-state index in [1.807, 2.05) is 0 Å². The third kappa shape index (κ3) is 2.60. The Bertz CT molecular complexity index is 759. The molecule has 1 aromatic heterocycles. The van der Waals surface area contributed by atoms with Crippen molar-refractivity contribution in [1.82, 2.24) is 0 Å². The highest BCUT2D eigenvalue weighted by molar-refractivity contribution is 8.25. The Morgan fingerprint density at radius 2 is 1.88 bits per heavy atom. The van der Waals surface area contributed by atoms with Crippen molar-refractivity contribution in [2.75, 3.05) is 30.8 Å². The average Bonchev–Trinajstić information content (AvgIpc) is 3.06. The Labute approximate surface area is 140 Å². The summed E-state index contributed by atoms with van der Waals surface area (Å²) in [5.41, 5.74) is 0.396. The van der Waals surface area contributed by atoms with Crippen molar-refractivity contribution in [2.24, 2.45) is 0 Å². The van der Waals surface area contributed by atoms with E-state index >= 15 is 0 Å². The Hall–Kier alpha value is -2.23. The minimum Gasteiger partial charge on any atom is -0.502 e.